The topological polar surface area (TPSA) is 60.2 Å². The number of hydrogen-bond acceptors (Lipinski definition) is 4. The Bertz CT molecular complexity index is 708. The van der Waals surface area contributed by atoms with E-state index in [2.05, 4.69) is 21.9 Å². The summed E-state index contributed by atoms with van der Waals surface area (Å²) < 4.78 is 7.43. The highest BCUT2D eigenvalue weighted by Gasteiger charge is 2.41. The number of carbonyl (C=O) groups excluding carboxylic acids is 1. The van der Waals surface area contributed by atoms with Crippen molar-refractivity contribution < 1.29 is 9.53 Å². The van der Waals surface area contributed by atoms with Gasteiger partial charge in [-0.3, -0.25) is 4.79 Å². The molecule has 0 N–H and O–H groups in total. The highest BCUT2D eigenvalue weighted by Crippen LogP contribution is 2.39. The summed E-state index contributed by atoms with van der Waals surface area (Å²) in [6, 6.07) is 8.32. The van der Waals surface area contributed by atoms with Gasteiger partial charge in [0.2, 0.25) is 0 Å². The van der Waals surface area contributed by atoms with Gasteiger partial charge < -0.3 is 9.64 Å². The molecular weight excluding hydrogens is 304 g/mol. The number of amides is 1. The lowest BCUT2D eigenvalue weighted by Gasteiger charge is -2.29. The first-order valence-electron chi connectivity index (χ1n) is 8.61. The fraction of sp³-hybridized carbons (Fsp3) is 0.500. The fourth-order valence-electron chi connectivity index (χ4n) is 3.20. The van der Waals surface area contributed by atoms with Gasteiger partial charge in [0.1, 0.15) is 18.4 Å². The van der Waals surface area contributed by atoms with Gasteiger partial charge in [0, 0.05) is 18.2 Å². The number of hydrogen-bond donors (Lipinski definition) is 0. The third kappa shape index (κ3) is 3.27. The van der Waals surface area contributed by atoms with E-state index in [0.717, 1.165) is 18.5 Å². The molecule has 24 heavy (non-hydrogen) atoms. The molecule has 2 aromatic rings. The standard InChI is InChI=1S/C18H22N4O2/c1-13(14-5-6-14)22(15-7-8-15)18(23)10-24-17-4-2-3-16(9-17)21-12-19-11-20-21/h2-4,9,11-15H,5-8,10H2,1H3/t13-/m0/s1. The van der Waals surface area contributed by atoms with E-state index in [-0.39, 0.29) is 12.5 Å². The first kappa shape index (κ1) is 15.2. The van der Waals surface area contributed by atoms with Crippen molar-refractivity contribution >= 4 is 5.91 Å². The Hall–Kier alpha value is -2.37. The Morgan fingerprint density at radius 1 is 1.38 bits per heavy atom. The molecular formula is C18H22N4O2. The van der Waals surface area contributed by atoms with Crippen LogP contribution in [0.3, 0.4) is 0 Å². The lowest BCUT2D eigenvalue weighted by Crippen LogP contribution is -2.44. The largest absolute Gasteiger partial charge is 0.484 e. The number of benzene rings is 1. The second-order valence-electron chi connectivity index (χ2n) is 6.74. The van der Waals surface area contributed by atoms with Gasteiger partial charge in [0.25, 0.3) is 5.91 Å². The van der Waals surface area contributed by atoms with Crippen LogP contribution in [0.4, 0.5) is 0 Å². The SMILES string of the molecule is C[C@@H](C1CC1)N(C(=O)COc1cccc(-n2cncn2)c1)C1CC1. The molecule has 1 atom stereocenters. The van der Waals surface area contributed by atoms with Gasteiger partial charge in [-0.05, 0) is 50.7 Å². The summed E-state index contributed by atoms with van der Waals surface area (Å²) >= 11 is 0. The van der Waals surface area contributed by atoms with Gasteiger partial charge in [-0.1, -0.05) is 6.07 Å². The summed E-state index contributed by atoms with van der Waals surface area (Å²) in [4.78, 5) is 18.7. The summed E-state index contributed by atoms with van der Waals surface area (Å²) in [5, 5.41) is 4.11. The molecule has 2 saturated carbocycles. The Morgan fingerprint density at radius 3 is 2.88 bits per heavy atom. The molecule has 2 aliphatic carbocycles. The zero-order valence-corrected chi connectivity index (χ0v) is 13.8. The Kier molecular flexibility index (Phi) is 3.96. The van der Waals surface area contributed by atoms with Crippen molar-refractivity contribution in [2.24, 2.45) is 5.92 Å². The summed E-state index contributed by atoms with van der Waals surface area (Å²) in [7, 11) is 0. The predicted octanol–water partition coefficient (Wildman–Crippen LogP) is 2.44. The summed E-state index contributed by atoms with van der Waals surface area (Å²) in [5.74, 6) is 1.46. The normalized spacial score (nSPS) is 18.2. The van der Waals surface area contributed by atoms with Crippen LogP contribution in [0, 0.1) is 5.92 Å². The monoisotopic (exact) mass is 326 g/mol. The lowest BCUT2D eigenvalue weighted by molar-refractivity contribution is -0.136. The molecule has 6 nitrogen and oxygen atoms in total. The van der Waals surface area contributed by atoms with Crippen LogP contribution < -0.4 is 4.74 Å². The average Bonchev–Trinajstić information content (AvgIpc) is 3.53. The molecule has 1 aromatic carbocycles. The van der Waals surface area contributed by atoms with Gasteiger partial charge in [-0.15, -0.1) is 0 Å². The van der Waals surface area contributed by atoms with E-state index in [0.29, 0.717) is 23.8 Å². The first-order valence-corrected chi connectivity index (χ1v) is 8.61. The van der Waals surface area contributed by atoms with Crippen LogP contribution >= 0.6 is 0 Å². The van der Waals surface area contributed by atoms with Crippen LogP contribution in [0.1, 0.15) is 32.6 Å². The quantitative estimate of drug-likeness (QED) is 0.784. The second kappa shape index (κ2) is 6.26. The third-order valence-electron chi connectivity index (χ3n) is 4.83. The molecule has 2 fully saturated rings. The fourth-order valence-corrected chi connectivity index (χ4v) is 3.20. The van der Waals surface area contributed by atoms with E-state index in [1.807, 2.05) is 24.3 Å². The molecule has 1 heterocycles. The predicted molar refractivity (Wildman–Crippen MR) is 88.9 cm³/mol. The van der Waals surface area contributed by atoms with E-state index < -0.39 is 0 Å². The molecule has 0 saturated heterocycles. The molecule has 0 bridgehead atoms. The zero-order valence-electron chi connectivity index (χ0n) is 13.8. The van der Waals surface area contributed by atoms with Gasteiger partial charge in [-0.2, -0.15) is 5.10 Å². The van der Waals surface area contributed by atoms with Crippen LogP contribution in [0.25, 0.3) is 5.69 Å². The maximum atomic E-state index is 12.7. The lowest BCUT2D eigenvalue weighted by atomic mass is 10.1. The van der Waals surface area contributed by atoms with Crippen molar-refractivity contribution in [3.05, 3.63) is 36.9 Å². The number of aromatic nitrogens is 3. The van der Waals surface area contributed by atoms with Crippen LogP contribution in [0.15, 0.2) is 36.9 Å². The number of ether oxygens (including phenoxy) is 1. The summed E-state index contributed by atoms with van der Waals surface area (Å²) in [5.41, 5.74) is 0.864. The Labute approximate surface area is 141 Å². The van der Waals surface area contributed by atoms with E-state index in [9.17, 15) is 4.79 Å². The molecule has 126 valence electrons. The van der Waals surface area contributed by atoms with E-state index in [4.69, 9.17) is 4.74 Å². The smallest absolute Gasteiger partial charge is 0.261 e. The molecule has 4 rings (SSSR count). The minimum Gasteiger partial charge on any atom is -0.484 e. The van der Waals surface area contributed by atoms with Crippen molar-refractivity contribution in [1.29, 1.82) is 0 Å². The average molecular weight is 326 g/mol. The second-order valence-corrected chi connectivity index (χ2v) is 6.74. The summed E-state index contributed by atoms with van der Waals surface area (Å²) in [6.45, 7) is 2.27. The molecule has 2 aliphatic rings. The molecule has 6 heteroatoms. The highest BCUT2D eigenvalue weighted by atomic mass is 16.5. The van der Waals surface area contributed by atoms with Crippen molar-refractivity contribution in [3.8, 4) is 11.4 Å². The van der Waals surface area contributed by atoms with Crippen LogP contribution in [-0.4, -0.2) is 44.3 Å². The third-order valence-corrected chi connectivity index (χ3v) is 4.83. The first-order chi connectivity index (χ1) is 11.7. The maximum absolute atomic E-state index is 12.7. The van der Waals surface area contributed by atoms with Crippen LogP contribution in [0.2, 0.25) is 0 Å². The minimum atomic E-state index is 0.0916. The van der Waals surface area contributed by atoms with Crippen LogP contribution in [-0.2, 0) is 4.79 Å². The van der Waals surface area contributed by atoms with E-state index in [1.165, 1.54) is 19.2 Å². The number of rotatable bonds is 7. The Balaban J connectivity index is 1.40. The van der Waals surface area contributed by atoms with Crippen molar-refractivity contribution in [1.82, 2.24) is 19.7 Å². The van der Waals surface area contributed by atoms with Crippen LogP contribution in [0.5, 0.6) is 5.75 Å². The Morgan fingerprint density at radius 2 is 2.21 bits per heavy atom. The van der Waals surface area contributed by atoms with Crippen molar-refractivity contribution in [2.75, 3.05) is 6.61 Å². The number of carbonyl (C=O) groups is 1. The molecule has 0 aliphatic heterocycles. The molecule has 1 aromatic heterocycles. The molecule has 0 unspecified atom stereocenters. The molecule has 0 spiro atoms. The van der Waals surface area contributed by atoms with E-state index >= 15 is 0 Å². The molecule has 1 amide bonds. The van der Waals surface area contributed by atoms with E-state index in [1.54, 1.807) is 11.0 Å². The maximum Gasteiger partial charge on any atom is 0.261 e. The van der Waals surface area contributed by atoms with Gasteiger partial charge in [0.15, 0.2) is 6.61 Å². The van der Waals surface area contributed by atoms with Gasteiger partial charge >= 0.3 is 0 Å². The summed E-state index contributed by atoms with van der Waals surface area (Å²) in [6.07, 6.45) is 7.88. The van der Waals surface area contributed by atoms with Crippen molar-refractivity contribution in [2.45, 2.75) is 44.7 Å². The van der Waals surface area contributed by atoms with Gasteiger partial charge in [0.05, 0.1) is 5.69 Å². The number of nitrogens with zero attached hydrogens (tertiary/aromatic N) is 4. The highest BCUT2D eigenvalue weighted by molar-refractivity contribution is 5.79. The van der Waals surface area contributed by atoms with Gasteiger partial charge in [-0.25, -0.2) is 9.67 Å². The minimum absolute atomic E-state index is 0.0916. The van der Waals surface area contributed by atoms with Crippen molar-refractivity contribution in [3.63, 3.8) is 0 Å². The zero-order chi connectivity index (χ0) is 16.5. The molecule has 0 radical (unpaired) electrons.